The maximum atomic E-state index is 11.2. The molecule has 0 saturated heterocycles. The lowest BCUT2D eigenvalue weighted by Crippen LogP contribution is -2.24. The largest absolute Gasteiger partial charge is 0.273 e. The second-order valence-corrected chi connectivity index (χ2v) is 3.21. The van der Waals surface area contributed by atoms with Crippen LogP contribution >= 0.6 is 0 Å². The van der Waals surface area contributed by atoms with Crippen LogP contribution in [0.2, 0.25) is 0 Å². The van der Waals surface area contributed by atoms with E-state index in [2.05, 4.69) is 5.10 Å². The zero-order valence-corrected chi connectivity index (χ0v) is 9.13. The quantitative estimate of drug-likeness (QED) is 0.568. The van der Waals surface area contributed by atoms with Crippen LogP contribution in [0, 0.1) is 11.3 Å². The molecule has 0 saturated carbocycles. The van der Waals surface area contributed by atoms with Gasteiger partial charge in [0.15, 0.2) is 0 Å². The van der Waals surface area contributed by atoms with Gasteiger partial charge in [0.2, 0.25) is 5.91 Å². The number of nitrogens with zero attached hydrogens (tertiary/aromatic N) is 3. The minimum Gasteiger partial charge on any atom is -0.273 e. The smallest absolute Gasteiger partial charge is 0.239 e. The summed E-state index contributed by atoms with van der Waals surface area (Å²) in [6, 6.07) is 11.5. The predicted molar refractivity (Wildman–Crippen MR) is 61.7 cm³/mol. The van der Waals surface area contributed by atoms with Gasteiger partial charge in [-0.05, 0) is 5.56 Å². The zero-order valence-electron chi connectivity index (χ0n) is 9.13. The molecule has 0 heterocycles. The normalized spacial score (nSPS) is 10.0. The molecule has 0 radical (unpaired) electrons. The molecule has 4 nitrogen and oxygen atoms in total. The lowest BCUT2D eigenvalue weighted by Gasteiger charge is -2.12. The van der Waals surface area contributed by atoms with E-state index in [4.69, 9.17) is 5.26 Å². The topological polar surface area (TPSA) is 56.5 Å². The molecule has 0 aromatic heterocycles. The predicted octanol–water partition coefficient (Wildman–Crippen LogP) is 1.78. The first kappa shape index (κ1) is 11.9. The maximum Gasteiger partial charge on any atom is 0.239 e. The first-order valence-electron chi connectivity index (χ1n) is 4.98. The number of carbonyl (C=O) groups is 1. The number of hydrazone groups is 1. The minimum absolute atomic E-state index is 0.164. The van der Waals surface area contributed by atoms with Gasteiger partial charge in [0.05, 0.1) is 25.2 Å². The van der Waals surface area contributed by atoms with Crippen molar-refractivity contribution in [1.29, 1.82) is 5.26 Å². The molecule has 1 amide bonds. The van der Waals surface area contributed by atoms with Crippen molar-refractivity contribution in [1.82, 2.24) is 5.01 Å². The molecule has 16 heavy (non-hydrogen) atoms. The van der Waals surface area contributed by atoms with E-state index < -0.39 is 0 Å². The Labute approximate surface area is 94.8 Å². The van der Waals surface area contributed by atoms with E-state index >= 15 is 0 Å². The number of rotatable bonds is 4. The Morgan fingerprint density at radius 1 is 1.50 bits per heavy atom. The SMILES string of the molecule is CC(=O)N(CCC#N)N=Cc1ccccc1. The van der Waals surface area contributed by atoms with Crippen molar-refractivity contribution in [3.63, 3.8) is 0 Å². The van der Waals surface area contributed by atoms with Crippen LogP contribution in [0.3, 0.4) is 0 Å². The van der Waals surface area contributed by atoms with E-state index in [0.29, 0.717) is 6.54 Å². The van der Waals surface area contributed by atoms with Crippen molar-refractivity contribution in [2.24, 2.45) is 5.10 Å². The molecular formula is C12H13N3O. The van der Waals surface area contributed by atoms with E-state index in [9.17, 15) is 4.79 Å². The van der Waals surface area contributed by atoms with Crippen LogP contribution in [0.15, 0.2) is 35.4 Å². The third-order valence-corrected chi connectivity index (χ3v) is 1.94. The van der Waals surface area contributed by atoms with Crippen LogP contribution in [0.25, 0.3) is 0 Å². The number of hydrogen-bond acceptors (Lipinski definition) is 3. The molecule has 0 aliphatic rings. The Bertz CT molecular complexity index is 406. The highest BCUT2D eigenvalue weighted by Crippen LogP contribution is 1.97. The molecule has 82 valence electrons. The van der Waals surface area contributed by atoms with E-state index in [1.165, 1.54) is 11.9 Å². The summed E-state index contributed by atoms with van der Waals surface area (Å²) in [7, 11) is 0. The van der Waals surface area contributed by atoms with Gasteiger partial charge in [0.1, 0.15) is 0 Å². The minimum atomic E-state index is -0.164. The first-order chi connectivity index (χ1) is 7.74. The summed E-state index contributed by atoms with van der Waals surface area (Å²) in [6.07, 6.45) is 1.89. The average molecular weight is 215 g/mol. The van der Waals surface area contributed by atoms with Gasteiger partial charge in [-0.1, -0.05) is 30.3 Å². The van der Waals surface area contributed by atoms with Crippen molar-refractivity contribution < 1.29 is 4.79 Å². The van der Waals surface area contributed by atoms with Crippen LogP contribution in [0.5, 0.6) is 0 Å². The fourth-order valence-electron chi connectivity index (χ4n) is 1.13. The van der Waals surface area contributed by atoms with Crippen molar-refractivity contribution in [3.8, 4) is 6.07 Å². The molecule has 0 bridgehead atoms. The molecule has 0 aliphatic heterocycles. The number of hydrogen-bond donors (Lipinski definition) is 0. The Morgan fingerprint density at radius 2 is 2.19 bits per heavy atom. The number of carbonyl (C=O) groups excluding carboxylic acids is 1. The molecular weight excluding hydrogens is 202 g/mol. The highest BCUT2D eigenvalue weighted by molar-refractivity contribution is 5.81. The molecule has 1 aromatic rings. The lowest BCUT2D eigenvalue weighted by molar-refractivity contribution is -0.128. The summed E-state index contributed by atoms with van der Waals surface area (Å²) in [6.45, 7) is 1.76. The van der Waals surface area contributed by atoms with Crippen LogP contribution < -0.4 is 0 Å². The highest BCUT2D eigenvalue weighted by atomic mass is 16.2. The highest BCUT2D eigenvalue weighted by Gasteiger charge is 2.04. The molecule has 0 fully saturated rings. The summed E-state index contributed by atoms with van der Waals surface area (Å²) in [4.78, 5) is 11.2. The molecule has 0 atom stereocenters. The van der Waals surface area contributed by atoms with Gasteiger partial charge < -0.3 is 0 Å². The Kier molecular flexibility index (Phi) is 4.74. The van der Waals surface area contributed by atoms with E-state index in [0.717, 1.165) is 5.56 Å². The summed E-state index contributed by atoms with van der Waals surface area (Å²) in [5.41, 5.74) is 0.922. The van der Waals surface area contributed by atoms with E-state index in [-0.39, 0.29) is 12.3 Å². The summed E-state index contributed by atoms with van der Waals surface area (Å²) in [5, 5.41) is 13.8. The average Bonchev–Trinajstić information content (AvgIpc) is 2.30. The Balaban J connectivity index is 2.65. The second-order valence-electron chi connectivity index (χ2n) is 3.21. The summed E-state index contributed by atoms with van der Waals surface area (Å²) >= 11 is 0. The third-order valence-electron chi connectivity index (χ3n) is 1.94. The Hall–Kier alpha value is -2.15. The van der Waals surface area contributed by atoms with E-state index in [1.54, 1.807) is 6.21 Å². The Morgan fingerprint density at radius 3 is 2.75 bits per heavy atom. The molecule has 0 spiro atoms. The zero-order chi connectivity index (χ0) is 11.8. The number of nitriles is 1. The second kappa shape index (κ2) is 6.36. The van der Waals surface area contributed by atoms with Gasteiger partial charge in [0, 0.05) is 6.92 Å². The van der Waals surface area contributed by atoms with Gasteiger partial charge in [-0.3, -0.25) is 4.79 Å². The van der Waals surface area contributed by atoms with Crippen LogP contribution in [-0.4, -0.2) is 23.7 Å². The van der Waals surface area contributed by atoms with Crippen molar-refractivity contribution in [2.45, 2.75) is 13.3 Å². The molecule has 0 aliphatic carbocycles. The maximum absolute atomic E-state index is 11.2. The molecule has 1 aromatic carbocycles. The third kappa shape index (κ3) is 3.93. The van der Waals surface area contributed by atoms with Gasteiger partial charge in [-0.2, -0.15) is 10.4 Å². The fourth-order valence-corrected chi connectivity index (χ4v) is 1.13. The van der Waals surface area contributed by atoms with Gasteiger partial charge >= 0.3 is 0 Å². The molecule has 4 heteroatoms. The first-order valence-corrected chi connectivity index (χ1v) is 4.98. The van der Waals surface area contributed by atoms with Crippen molar-refractivity contribution in [3.05, 3.63) is 35.9 Å². The van der Waals surface area contributed by atoms with Crippen LogP contribution in [-0.2, 0) is 4.79 Å². The summed E-state index contributed by atoms with van der Waals surface area (Å²) in [5.74, 6) is -0.164. The lowest BCUT2D eigenvalue weighted by atomic mass is 10.2. The molecule has 0 unspecified atom stereocenters. The summed E-state index contributed by atoms with van der Waals surface area (Å²) < 4.78 is 0. The molecule has 1 rings (SSSR count). The molecule has 0 N–H and O–H groups in total. The fraction of sp³-hybridized carbons (Fsp3) is 0.250. The van der Waals surface area contributed by atoms with Gasteiger partial charge in [0.25, 0.3) is 0 Å². The van der Waals surface area contributed by atoms with Crippen LogP contribution in [0.4, 0.5) is 0 Å². The van der Waals surface area contributed by atoms with E-state index in [1.807, 2.05) is 36.4 Å². The standard InChI is InChI=1S/C12H13N3O/c1-11(16)15(9-5-8-13)14-10-12-6-3-2-4-7-12/h2-4,6-7,10H,5,9H2,1H3. The van der Waals surface area contributed by atoms with Gasteiger partial charge in [-0.25, -0.2) is 5.01 Å². The number of benzene rings is 1. The monoisotopic (exact) mass is 215 g/mol. The van der Waals surface area contributed by atoms with Gasteiger partial charge in [-0.15, -0.1) is 0 Å². The van der Waals surface area contributed by atoms with Crippen LogP contribution in [0.1, 0.15) is 18.9 Å². The van der Waals surface area contributed by atoms with Crippen molar-refractivity contribution in [2.75, 3.05) is 6.54 Å². The van der Waals surface area contributed by atoms with Crippen molar-refractivity contribution >= 4 is 12.1 Å². The number of amides is 1.